The lowest BCUT2D eigenvalue weighted by Crippen LogP contribution is -2.32. The van der Waals surface area contributed by atoms with Crippen LogP contribution in [-0.2, 0) is 0 Å². The van der Waals surface area contributed by atoms with Crippen LogP contribution in [0.25, 0.3) is 0 Å². The topological polar surface area (TPSA) is 70.6 Å². The van der Waals surface area contributed by atoms with Crippen molar-refractivity contribution in [2.45, 2.75) is 26.8 Å². The van der Waals surface area contributed by atoms with Crippen LogP contribution in [0.2, 0.25) is 0 Å². The molecule has 0 aliphatic heterocycles. The van der Waals surface area contributed by atoms with Crippen molar-refractivity contribution in [2.24, 2.45) is 16.8 Å². The van der Waals surface area contributed by atoms with Crippen molar-refractivity contribution in [2.75, 3.05) is 6.54 Å². The third-order valence-corrected chi connectivity index (χ3v) is 2.89. The van der Waals surface area contributed by atoms with Gasteiger partial charge in [0.25, 0.3) is 0 Å². The standard InChI is InChI=1S/C13H21N3O/c1-9-5-4-6-12(7-9)11(3)15-8-10(2)13(14)16-17/h4-7,10-11,15,17H,8H2,1-3H3,(H2,14,16)/t10?,11-/m0/s1. The van der Waals surface area contributed by atoms with Crippen molar-refractivity contribution < 1.29 is 5.21 Å². The lowest BCUT2D eigenvalue weighted by Gasteiger charge is -2.17. The maximum Gasteiger partial charge on any atom is 0.143 e. The maximum absolute atomic E-state index is 8.56. The summed E-state index contributed by atoms with van der Waals surface area (Å²) in [5.74, 6) is 0.279. The average molecular weight is 235 g/mol. The molecule has 4 N–H and O–H groups in total. The van der Waals surface area contributed by atoms with Crippen LogP contribution in [0.5, 0.6) is 0 Å². The van der Waals surface area contributed by atoms with Gasteiger partial charge in [0.05, 0.1) is 0 Å². The van der Waals surface area contributed by atoms with Gasteiger partial charge in [-0.05, 0) is 19.4 Å². The molecule has 0 heterocycles. The minimum absolute atomic E-state index is 0.0206. The molecule has 4 heteroatoms. The number of benzene rings is 1. The summed E-state index contributed by atoms with van der Waals surface area (Å²) < 4.78 is 0. The minimum atomic E-state index is 0.0206. The predicted octanol–water partition coefficient (Wildman–Crippen LogP) is 2.03. The van der Waals surface area contributed by atoms with Crippen LogP contribution in [0.4, 0.5) is 0 Å². The molecular weight excluding hydrogens is 214 g/mol. The van der Waals surface area contributed by atoms with Crippen molar-refractivity contribution in [1.82, 2.24) is 5.32 Å². The molecule has 0 fully saturated rings. The van der Waals surface area contributed by atoms with Crippen molar-refractivity contribution in [3.05, 3.63) is 35.4 Å². The zero-order valence-electron chi connectivity index (χ0n) is 10.6. The number of hydrogen-bond acceptors (Lipinski definition) is 3. The van der Waals surface area contributed by atoms with Crippen LogP contribution in [0, 0.1) is 12.8 Å². The summed E-state index contributed by atoms with van der Waals surface area (Å²) in [4.78, 5) is 0. The highest BCUT2D eigenvalue weighted by Crippen LogP contribution is 2.13. The number of amidine groups is 1. The van der Waals surface area contributed by atoms with E-state index in [-0.39, 0.29) is 17.8 Å². The lowest BCUT2D eigenvalue weighted by atomic mass is 10.0. The third kappa shape index (κ3) is 4.07. The van der Waals surface area contributed by atoms with Crippen molar-refractivity contribution in [3.63, 3.8) is 0 Å². The van der Waals surface area contributed by atoms with Gasteiger partial charge < -0.3 is 16.3 Å². The Morgan fingerprint density at radius 1 is 1.47 bits per heavy atom. The van der Waals surface area contributed by atoms with Gasteiger partial charge >= 0.3 is 0 Å². The summed E-state index contributed by atoms with van der Waals surface area (Å²) in [6, 6.07) is 8.64. The van der Waals surface area contributed by atoms with Crippen molar-refractivity contribution in [1.29, 1.82) is 0 Å². The monoisotopic (exact) mass is 235 g/mol. The van der Waals surface area contributed by atoms with E-state index in [1.54, 1.807) is 0 Å². The Kier molecular flexibility index (Phi) is 4.97. The summed E-state index contributed by atoms with van der Waals surface area (Å²) >= 11 is 0. The van der Waals surface area contributed by atoms with E-state index in [4.69, 9.17) is 10.9 Å². The number of nitrogens with one attached hydrogen (secondary N) is 1. The normalized spacial score (nSPS) is 15.6. The van der Waals surface area contributed by atoms with E-state index in [9.17, 15) is 0 Å². The number of nitrogens with two attached hydrogens (primary N) is 1. The highest BCUT2D eigenvalue weighted by Gasteiger charge is 2.10. The number of oxime groups is 1. The van der Waals surface area contributed by atoms with Gasteiger partial charge in [-0.2, -0.15) is 0 Å². The molecule has 4 nitrogen and oxygen atoms in total. The van der Waals surface area contributed by atoms with Gasteiger partial charge in [0.2, 0.25) is 0 Å². The highest BCUT2D eigenvalue weighted by atomic mass is 16.4. The van der Waals surface area contributed by atoms with Crippen LogP contribution < -0.4 is 11.1 Å². The molecule has 0 radical (unpaired) electrons. The number of hydrogen-bond donors (Lipinski definition) is 3. The first-order valence-electron chi connectivity index (χ1n) is 5.82. The Bertz CT molecular complexity index is 390. The van der Waals surface area contributed by atoms with Crippen LogP contribution in [0.15, 0.2) is 29.4 Å². The first kappa shape index (κ1) is 13.5. The van der Waals surface area contributed by atoms with Crippen LogP contribution in [0.3, 0.4) is 0 Å². The quantitative estimate of drug-likeness (QED) is 0.316. The van der Waals surface area contributed by atoms with E-state index in [0.717, 1.165) is 0 Å². The highest BCUT2D eigenvalue weighted by molar-refractivity contribution is 5.82. The second-order valence-corrected chi connectivity index (χ2v) is 4.47. The van der Waals surface area contributed by atoms with Gasteiger partial charge in [0.15, 0.2) is 0 Å². The zero-order chi connectivity index (χ0) is 12.8. The Morgan fingerprint density at radius 3 is 2.76 bits per heavy atom. The zero-order valence-corrected chi connectivity index (χ0v) is 10.6. The second-order valence-electron chi connectivity index (χ2n) is 4.47. The molecule has 94 valence electrons. The van der Waals surface area contributed by atoms with Gasteiger partial charge in [-0.3, -0.25) is 0 Å². The first-order valence-corrected chi connectivity index (χ1v) is 5.82. The van der Waals surface area contributed by atoms with Crippen LogP contribution in [-0.4, -0.2) is 17.6 Å². The third-order valence-electron chi connectivity index (χ3n) is 2.89. The lowest BCUT2D eigenvalue weighted by molar-refractivity contribution is 0.313. The van der Waals surface area contributed by atoms with Gasteiger partial charge in [-0.15, -0.1) is 0 Å². The van der Waals surface area contributed by atoms with Gasteiger partial charge in [-0.25, -0.2) is 0 Å². The summed E-state index contributed by atoms with van der Waals surface area (Å²) in [6.45, 7) is 6.79. The molecule has 2 atom stereocenters. The van der Waals surface area contributed by atoms with Crippen molar-refractivity contribution >= 4 is 5.84 Å². The molecule has 0 aromatic heterocycles. The smallest absolute Gasteiger partial charge is 0.143 e. The molecular formula is C13H21N3O. The molecule has 0 amide bonds. The number of nitrogens with zero attached hydrogens (tertiary/aromatic N) is 1. The van der Waals surface area contributed by atoms with Gasteiger partial charge in [0, 0.05) is 18.5 Å². The van der Waals surface area contributed by atoms with E-state index in [1.165, 1.54) is 11.1 Å². The Morgan fingerprint density at radius 2 is 2.18 bits per heavy atom. The summed E-state index contributed by atoms with van der Waals surface area (Å²) in [5.41, 5.74) is 8.02. The summed E-state index contributed by atoms with van der Waals surface area (Å²) in [6.07, 6.45) is 0. The van der Waals surface area contributed by atoms with E-state index in [0.29, 0.717) is 6.54 Å². The van der Waals surface area contributed by atoms with Crippen LogP contribution >= 0.6 is 0 Å². The summed E-state index contributed by atoms with van der Waals surface area (Å²) in [5, 5.41) is 14.9. The molecule has 1 aromatic carbocycles. The second kappa shape index (κ2) is 6.25. The SMILES string of the molecule is Cc1cccc([C@H](C)NCC(C)/C(N)=N/O)c1. The first-order chi connectivity index (χ1) is 8.04. The van der Waals surface area contributed by atoms with E-state index in [1.807, 2.05) is 6.92 Å². The fraction of sp³-hybridized carbons (Fsp3) is 0.462. The fourth-order valence-electron chi connectivity index (χ4n) is 1.61. The molecule has 0 saturated heterocycles. The minimum Gasteiger partial charge on any atom is -0.409 e. The van der Waals surface area contributed by atoms with E-state index in [2.05, 4.69) is 48.6 Å². The van der Waals surface area contributed by atoms with Crippen molar-refractivity contribution in [3.8, 4) is 0 Å². The molecule has 0 spiro atoms. The Balaban J connectivity index is 2.53. The predicted molar refractivity (Wildman–Crippen MR) is 70.2 cm³/mol. The largest absolute Gasteiger partial charge is 0.409 e. The molecule has 0 bridgehead atoms. The Labute approximate surface area is 103 Å². The van der Waals surface area contributed by atoms with Crippen LogP contribution in [0.1, 0.15) is 31.0 Å². The molecule has 17 heavy (non-hydrogen) atoms. The molecule has 0 saturated carbocycles. The van der Waals surface area contributed by atoms with E-state index < -0.39 is 0 Å². The molecule has 1 unspecified atom stereocenters. The number of aryl methyl sites for hydroxylation is 1. The average Bonchev–Trinajstić information content (AvgIpc) is 2.34. The van der Waals surface area contributed by atoms with Gasteiger partial charge in [0.1, 0.15) is 5.84 Å². The molecule has 1 rings (SSSR count). The molecule has 0 aliphatic rings. The maximum atomic E-state index is 8.56. The summed E-state index contributed by atoms with van der Waals surface area (Å²) in [7, 11) is 0. The fourth-order valence-corrected chi connectivity index (χ4v) is 1.61. The number of rotatable bonds is 5. The molecule has 0 aliphatic carbocycles. The van der Waals surface area contributed by atoms with Gasteiger partial charge in [-0.1, -0.05) is 41.9 Å². The van der Waals surface area contributed by atoms with E-state index >= 15 is 0 Å². The Hall–Kier alpha value is -1.55. The molecule has 1 aromatic rings.